The molecule has 3 rings (SSSR count). The van der Waals surface area contributed by atoms with Gasteiger partial charge in [-0.2, -0.15) is 0 Å². The van der Waals surface area contributed by atoms with Crippen molar-refractivity contribution >= 4 is 17.7 Å². The van der Waals surface area contributed by atoms with E-state index in [9.17, 15) is 14.4 Å². The zero-order chi connectivity index (χ0) is 20.8. The number of nitrogens with one attached hydrogen (secondary N) is 2. The lowest BCUT2D eigenvalue weighted by atomic mass is 9.96. The first kappa shape index (κ1) is 19.8. The normalized spacial score (nSPS) is 10.2. The van der Waals surface area contributed by atoms with Gasteiger partial charge in [0.1, 0.15) is 0 Å². The summed E-state index contributed by atoms with van der Waals surface area (Å²) in [4.78, 5) is 35.4. The molecule has 0 aliphatic rings. The fourth-order valence-corrected chi connectivity index (χ4v) is 2.89. The molecule has 0 aliphatic carbocycles. The molecule has 0 atom stereocenters. The average Bonchev–Trinajstić information content (AvgIpc) is 2.77. The molecule has 0 radical (unpaired) electrons. The van der Waals surface area contributed by atoms with E-state index in [2.05, 4.69) is 5.32 Å². The van der Waals surface area contributed by atoms with Gasteiger partial charge in [0.25, 0.3) is 11.8 Å². The van der Waals surface area contributed by atoms with E-state index in [-0.39, 0.29) is 12.5 Å². The zero-order valence-corrected chi connectivity index (χ0v) is 15.4. The van der Waals surface area contributed by atoms with Crippen molar-refractivity contribution in [2.24, 2.45) is 5.73 Å². The lowest BCUT2D eigenvalue weighted by Crippen LogP contribution is -2.23. The Morgan fingerprint density at radius 3 is 2.10 bits per heavy atom. The third kappa shape index (κ3) is 4.66. The van der Waals surface area contributed by atoms with Crippen molar-refractivity contribution in [3.05, 3.63) is 95.1 Å². The summed E-state index contributed by atoms with van der Waals surface area (Å²) < 4.78 is 0. The average molecular weight is 389 g/mol. The van der Waals surface area contributed by atoms with Gasteiger partial charge >= 0.3 is 0 Å². The SMILES string of the molecule is NC(=O)c1ccc(C(=O)NCc2ccc(C(=O)NO)c(-c3ccccc3)c2)cc1. The van der Waals surface area contributed by atoms with Crippen molar-refractivity contribution < 1.29 is 19.6 Å². The highest BCUT2D eigenvalue weighted by atomic mass is 16.5. The zero-order valence-electron chi connectivity index (χ0n) is 15.4. The highest BCUT2D eigenvalue weighted by Crippen LogP contribution is 2.25. The van der Waals surface area contributed by atoms with Crippen LogP contribution in [0.4, 0.5) is 0 Å². The molecule has 0 unspecified atom stereocenters. The second-order valence-corrected chi connectivity index (χ2v) is 6.31. The molecule has 0 aromatic heterocycles. The number of hydrogen-bond donors (Lipinski definition) is 4. The monoisotopic (exact) mass is 389 g/mol. The first-order chi connectivity index (χ1) is 14.0. The number of primary amides is 1. The van der Waals surface area contributed by atoms with Crippen molar-refractivity contribution in [1.82, 2.24) is 10.8 Å². The molecule has 0 saturated heterocycles. The molecule has 0 aliphatic heterocycles. The second-order valence-electron chi connectivity index (χ2n) is 6.31. The Labute approximate surface area is 167 Å². The smallest absolute Gasteiger partial charge is 0.275 e. The molecule has 3 aromatic rings. The van der Waals surface area contributed by atoms with Gasteiger partial charge in [0.15, 0.2) is 0 Å². The minimum Gasteiger partial charge on any atom is -0.366 e. The minimum atomic E-state index is -0.617. The summed E-state index contributed by atoms with van der Waals surface area (Å²) in [5, 5.41) is 11.8. The number of carbonyl (C=O) groups is 3. The summed E-state index contributed by atoms with van der Waals surface area (Å²) in [6.07, 6.45) is 0. The van der Waals surface area contributed by atoms with Crippen LogP contribution in [0.25, 0.3) is 11.1 Å². The lowest BCUT2D eigenvalue weighted by molar-refractivity contribution is 0.0707. The fraction of sp³-hybridized carbons (Fsp3) is 0.0455. The van der Waals surface area contributed by atoms with E-state index in [4.69, 9.17) is 10.9 Å². The molecule has 0 spiro atoms. The summed E-state index contributed by atoms with van der Waals surface area (Å²) in [6.45, 7) is 0.233. The largest absolute Gasteiger partial charge is 0.366 e. The van der Waals surface area contributed by atoms with Crippen LogP contribution in [0.1, 0.15) is 36.6 Å². The van der Waals surface area contributed by atoms with Gasteiger partial charge in [0, 0.05) is 23.2 Å². The lowest BCUT2D eigenvalue weighted by Gasteiger charge is -2.12. The Morgan fingerprint density at radius 1 is 0.828 bits per heavy atom. The first-order valence-corrected chi connectivity index (χ1v) is 8.80. The Kier molecular flexibility index (Phi) is 6.01. The number of hydrogen-bond acceptors (Lipinski definition) is 4. The third-order valence-corrected chi connectivity index (χ3v) is 4.40. The standard InChI is InChI=1S/C22H19N3O4/c23-20(26)16-7-9-17(10-8-16)21(27)24-13-14-6-11-18(22(28)25-29)19(12-14)15-4-2-1-3-5-15/h1-12,29H,13H2,(H2,23,26)(H,24,27)(H,25,28). The Hall–Kier alpha value is -3.97. The number of carbonyl (C=O) groups excluding carboxylic acids is 3. The Morgan fingerprint density at radius 2 is 1.48 bits per heavy atom. The molecule has 3 aromatic carbocycles. The predicted molar refractivity (Wildman–Crippen MR) is 107 cm³/mol. The van der Waals surface area contributed by atoms with Gasteiger partial charge in [-0.1, -0.05) is 36.4 Å². The molecule has 29 heavy (non-hydrogen) atoms. The first-order valence-electron chi connectivity index (χ1n) is 8.80. The van der Waals surface area contributed by atoms with Gasteiger partial charge in [-0.05, 0) is 53.1 Å². The quantitative estimate of drug-likeness (QED) is 0.382. The highest BCUT2D eigenvalue weighted by Gasteiger charge is 2.14. The molecule has 7 heteroatoms. The number of benzene rings is 3. The molecule has 3 amide bonds. The van der Waals surface area contributed by atoms with E-state index in [0.29, 0.717) is 22.3 Å². The number of rotatable bonds is 6. The molecular formula is C22H19N3O4. The van der Waals surface area contributed by atoms with Gasteiger partial charge in [0.2, 0.25) is 5.91 Å². The maximum Gasteiger partial charge on any atom is 0.275 e. The van der Waals surface area contributed by atoms with Crippen LogP contribution in [0.5, 0.6) is 0 Å². The topological polar surface area (TPSA) is 122 Å². The van der Waals surface area contributed by atoms with E-state index in [1.807, 2.05) is 30.3 Å². The van der Waals surface area contributed by atoms with Crippen LogP contribution < -0.4 is 16.5 Å². The van der Waals surface area contributed by atoms with Crippen molar-refractivity contribution in [2.45, 2.75) is 6.54 Å². The Balaban J connectivity index is 1.80. The van der Waals surface area contributed by atoms with Crippen LogP contribution in [0.15, 0.2) is 72.8 Å². The molecule has 0 fully saturated rings. The van der Waals surface area contributed by atoms with Crippen LogP contribution in [0.2, 0.25) is 0 Å². The maximum atomic E-state index is 12.4. The van der Waals surface area contributed by atoms with Gasteiger partial charge < -0.3 is 11.1 Å². The summed E-state index contributed by atoms with van der Waals surface area (Å²) >= 11 is 0. The summed E-state index contributed by atoms with van der Waals surface area (Å²) in [5.74, 6) is -1.48. The summed E-state index contributed by atoms with van der Waals surface area (Å²) in [6, 6.07) is 20.4. The number of hydroxylamine groups is 1. The van der Waals surface area contributed by atoms with Crippen molar-refractivity contribution in [3.63, 3.8) is 0 Å². The molecule has 0 bridgehead atoms. The second kappa shape index (κ2) is 8.81. The minimum absolute atomic E-state index is 0.233. The van der Waals surface area contributed by atoms with E-state index in [1.54, 1.807) is 23.7 Å². The molecule has 0 saturated carbocycles. The van der Waals surface area contributed by atoms with Gasteiger partial charge in [-0.25, -0.2) is 5.48 Å². The van der Waals surface area contributed by atoms with Crippen molar-refractivity contribution in [3.8, 4) is 11.1 Å². The highest BCUT2D eigenvalue weighted by molar-refractivity contribution is 6.00. The summed E-state index contributed by atoms with van der Waals surface area (Å²) in [5.41, 5.74) is 10.1. The van der Waals surface area contributed by atoms with Gasteiger partial charge in [-0.15, -0.1) is 0 Å². The van der Waals surface area contributed by atoms with Crippen molar-refractivity contribution in [2.75, 3.05) is 0 Å². The molecule has 146 valence electrons. The molecule has 7 nitrogen and oxygen atoms in total. The molecular weight excluding hydrogens is 370 g/mol. The maximum absolute atomic E-state index is 12.4. The number of nitrogens with two attached hydrogens (primary N) is 1. The molecule has 0 heterocycles. The van der Waals surface area contributed by atoms with Crippen LogP contribution in [-0.2, 0) is 6.54 Å². The van der Waals surface area contributed by atoms with Crippen LogP contribution >= 0.6 is 0 Å². The van der Waals surface area contributed by atoms with E-state index in [1.165, 1.54) is 24.3 Å². The Bertz CT molecular complexity index is 1050. The summed E-state index contributed by atoms with van der Waals surface area (Å²) in [7, 11) is 0. The van der Waals surface area contributed by atoms with Gasteiger partial charge in [-0.3, -0.25) is 19.6 Å². The van der Waals surface area contributed by atoms with Crippen LogP contribution in [-0.4, -0.2) is 22.9 Å². The predicted octanol–water partition coefficient (Wildman–Crippen LogP) is 2.50. The number of amides is 3. The van der Waals surface area contributed by atoms with Crippen LogP contribution in [0, 0.1) is 0 Å². The van der Waals surface area contributed by atoms with E-state index >= 15 is 0 Å². The third-order valence-electron chi connectivity index (χ3n) is 4.40. The van der Waals surface area contributed by atoms with E-state index in [0.717, 1.165) is 11.1 Å². The van der Waals surface area contributed by atoms with Gasteiger partial charge in [0.05, 0.1) is 0 Å². The molecule has 5 N–H and O–H groups in total. The fourth-order valence-electron chi connectivity index (χ4n) is 2.89. The van der Waals surface area contributed by atoms with Crippen LogP contribution in [0.3, 0.4) is 0 Å². The van der Waals surface area contributed by atoms with Crippen molar-refractivity contribution in [1.29, 1.82) is 0 Å². The van der Waals surface area contributed by atoms with E-state index < -0.39 is 11.8 Å².